The topological polar surface area (TPSA) is 53.7 Å². The minimum absolute atomic E-state index is 0.0966. The van der Waals surface area contributed by atoms with E-state index in [9.17, 15) is 13.6 Å². The van der Waals surface area contributed by atoms with Gasteiger partial charge in [0.2, 0.25) is 0 Å². The van der Waals surface area contributed by atoms with E-state index >= 15 is 0 Å². The van der Waals surface area contributed by atoms with Crippen LogP contribution in [0.15, 0.2) is 34.9 Å². The Hall–Kier alpha value is -2.21. The number of carbonyl (C=O) groups is 1. The summed E-state index contributed by atoms with van der Waals surface area (Å²) < 4.78 is 31.4. The largest absolute Gasteiger partial charge is 0.478 e. The lowest BCUT2D eigenvalue weighted by Crippen LogP contribution is -2.22. The summed E-state index contributed by atoms with van der Waals surface area (Å²) in [5.74, 6) is -2.54. The Labute approximate surface area is 120 Å². The number of furan rings is 1. The molecule has 0 spiro atoms. The molecule has 21 heavy (non-hydrogen) atoms. The molecule has 1 aromatic carbocycles. The summed E-state index contributed by atoms with van der Waals surface area (Å²) in [7, 11) is 1.75. The lowest BCUT2D eigenvalue weighted by Gasteiger charge is -2.24. The van der Waals surface area contributed by atoms with Crippen LogP contribution >= 0.6 is 0 Å². The van der Waals surface area contributed by atoms with Crippen molar-refractivity contribution in [1.82, 2.24) is 4.90 Å². The molecule has 0 radical (unpaired) electrons. The van der Waals surface area contributed by atoms with E-state index < -0.39 is 17.6 Å². The maximum Gasteiger partial charge on any atom is 0.339 e. The van der Waals surface area contributed by atoms with Gasteiger partial charge in [-0.25, -0.2) is 13.6 Å². The number of nitrogens with zero attached hydrogens (tertiary/aromatic N) is 1. The van der Waals surface area contributed by atoms with Gasteiger partial charge in [0.15, 0.2) is 11.6 Å². The Bertz CT molecular complexity index is 654. The minimum atomic E-state index is -1.06. The Morgan fingerprint density at radius 2 is 2.05 bits per heavy atom. The fraction of sp³-hybridized carbons (Fsp3) is 0.267. The zero-order valence-corrected chi connectivity index (χ0v) is 11.6. The number of carboxylic acid groups (broad SMARTS) is 1. The third-order valence-corrected chi connectivity index (χ3v) is 3.46. The summed E-state index contributed by atoms with van der Waals surface area (Å²) in [6, 6.07) is 4.86. The van der Waals surface area contributed by atoms with Crippen LogP contribution in [0.1, 0.15) is 34.6 Å². The van der Waals surface area contributed by atoms with Crippen LogP contribution in [0.2, 0.25) is 0 Å². The number of benzene rings is 1. The number of aromatic carboxylic acids is 1. The van der Waals surface area contributed by atoms with Crippen LogP contribution in [0.3, 0.4) is 0 Å². The third-order valence-electron chi connectivity index (χ3n) is 3.46. The van der Waals surface area contributed by atoms with Crippen molar-refractivity contribution >= 4 is 5.97 Å². The van der Waals surface area contributed by atoms with Gasteiger partial charge in [0.25, 0.3) is 0 Å². The van der Waals surface area contributed by atoms with Gasteiger partial charge in [0, 0.05) is 6.04 Å². The number of halogens is 2. The molecule has 1 aromatic heterocycles. The van der Waals surface area contributed by atoms with Crippen molar-refractivity contribution < 1.29 is 23.1 Å². The summed E-state index contributed by atoms with van der Waals surface area (Å²) in [6.07, 6.45) is 1.31. The van der Waals surface area contributed by atoms with Crippen molar-refractivity contribution in [2.75, 3.05) is 7.05 Å². The molecule has 0 aliphatic carbocycles. The van der Waals surface area contributed by atoms with Gasteiger partial charge in [-0.1, -0.05) is 6.07 Å². The second-order valence-corrected chi connectivity index (χ2v) is 4.83. The smallest absolute Gasteiger partial charge is 0.339 e. The van der Waals surface area contributed by atoms with Crippen LogP contribution in [-0.2, 0) is 6.54 Å². The highest BCUT2D eigenvalue weighted by Crippen LogP contribution is 2.23. The van der Waals surface area contributed by atoms with E-state index in [2.05, 4.69) is 0 Å². The second-order valence-electron chi connectivity index (χ2n) is 4.83. The number of hydrogen-bond donors (Lipinski definition) is 1. The van der Waals surface area contributed by atoms with Crippen LogP contribution < -0.4 is 0 Å². The summed E-state index contributed by atoms with van der Waals surface area (Å²) in [5.41, 5.74) is 0.694. The first-order valence-corrected chi connectivity index (χ1v) is 6.35. The predicted octanol–water partition coefficient (Wildman–Crippen LogP) is 3.45. The molecule has 112 valence electrons. The van der Waals surface area contributed by atoms with E-state index in [1.807, 2.05) is 6.92 Å². The minimum Gasteiger partial charge on any atom is -0.478 e. The van der Waals surface area contributed by atoms with Crippen molar-refractivity contribution in [2.45, 2.75) is 19.5 Å². The average Bonchev–Trinajstić information content (AvgIpc) is 2.89. The first-order valence-electron chi connectivity index (χ1n) is 6.35. The van der Waals surface area contributed by atoms with Gasteiger partial charge in [-0.3, -0.25) is 4.90 Å². The number of carboxylic acids is 1. The first kappa shape index (κ1) is 15.2. The lowest BCUT2D eigenvalue weighted by atomic mass is 10.1. The van der Waals surface area contributed by atoms with Crippen LogP contribution in [0.5, 0.6) is 0 Å². The molecule has 2 rings (SSSR count). The molecule has 1 atom stereocenters. The van der Waals surface area contributed by atoms with Gasteiger partial charge in [-0.05, 0) is 37.7 Å². The lowest BCUT2D eigenvalue weighted by molar-refractivity contribution is 0.0692. The van der Waals surface area contributed by atoms with Gasteiger partial charge in [0.05, 0.1) is 12.8 Å². The summed E-state index contributed by atoms with van der Waals surface area (Å²) in [5, 5.41) is 9.02. The van der Waals surface area contributed by atoms with Crippen molar-refractivity contribution in [3.05, 3.63) is 59.1 Å². The van der Waals surface area contributed by atoms with Crippen LogP contribution in [0.4, 0.5) is 8.78 Å². The van der Waals surface area contributed by atoms with Gasteiger partial charge >= 0.3 is 5.97 Å². The average molecular weight is 295 g/mol. The molecule has 1 N–H and O–H groups in total. The fourth-order valence-corrected chi connectivity index (χ4v) is 2.04. The highest BCUT2D eigenvalue weighted by atomic mass is 19.2. The molecule has 4 nitrogen and oxygen atoms in total. The van der Waals surface area contributed by atoms with E-state index in [1.165, 1.54) is 18.4 Å². The molecule has 1 unspecified atom stereocenters. The van der Waals surface area contributed by atoms with Crippen LogP contribution in [-0.4, -0.2) is 23.0 Å². The fourth-order valence-electron chi connectivity index (χ4n) is 2.04. The quantitative estimate of drug-likeness (QED) is 0.918. The molecule has 2 aromatic rings. The molecule has 0 fully saturated rings. The molecule has 0 aliphatic rings. The van der Waals surface area contributed by atoms with Crippen LogP contribution in [0.25, 0.3) is 0 Å². The number of rotatable bonds is 5. The first-order chi connectivity index (χ1) is 9.90. The Morgan fingerprint density at radius 1 is 1.33 bits per heavy atom. The van der Waals surface area contributed by atoms with Crippen molar-refractivity contribution in [3.8, 4) is 0 Å². The van der Waals surface area contributed by atoms with E-state index in [0.29, 0.717) is 11.3 Å². The van der Waals surface area contributed by atoms with Gasteiger partial charge in [0.1, 0.15) is 11.3 Å². The molecule has 0 amide bonds. The zero-order valence-electron chi connectivity index (χ0n) is 11.6. The van der Waals surface area contributed by atoms with E-state index in [1.54, 1.807) is 11.9 Å². The van der Waals surface area contributed by atoms with E-state index in [4.69, 9.17) is 9.52 Å². The summed E-state index contributed by atoms with van der Waals surface area (Å²) in [6.45, 7) is 2.06. The molecule has 6 heteroatoms. The van der Waals surface area contributed by atoms with Gasteiger partial charge in [-0.15, -0.1) is 0 Å². The van der Waals surface area contributed by atoms with Crippen molar-refractivity contribution in [2.24, 2.45) is 0 Å². The third kappa shape index (κ3) is 3.28. The highest BCUT2D eigenvalue weighted by molar-refractivity contribution is 5.88. The normalized spacial score (nSPS) is 12.6. The molecular weight excluding hydrogens is 280 g/mol. The SMILES string of the molecule is CC(c1ccc(F)c(F)c1)N(C)Cc1occc1C(=O)O. The molecular formula is C15H15F2NO3. The van der Waals surface area contributed by atoms with Crippen molar-refractivity contribution in [1.29, 1.82) is 0 Å². The highest BCUT2D eigenvalue weighted by Gasteiger charge is 2.19. The monoisotopic (exact) mass is 295 g/mol. The summed E-state index contributed by atoms with van der Waals surface area (Å²) in [4.78, 5) is 12.8. The summed E-state index contributed by atoms with van der Waals surface area (Å²) >= 11 is 0. The van der Waals surface area contributed by atoms with Gasteiger partial charge < -0.3 is 9.52 Å². The zero-order chi connectivity index (χ0) is 15.6. The van der Waals surface area contributed by atoms with Crippen molar-refractivity contribution in [3.63, 3.8) is 0 Å². The Kier molecular flexibility index (Phi) is 4.37. The molecule has 0 saturated heterocycles. The second kappa shape index (κ2) is 6.05. The predicted molar refractivity (Wildman–Crippen MR) is 71.9 cm³/mol. The standard InChI is InChI=1S/C15H15F2NO3/c1-9(10-3-4-12(16)13(17)7-10)18(2)8-14-11(15(19)20)5-6-21-14/h3-7,9H,8H2,1-2H3,(H,19,20). The molecule has 0 bridgehead atoms. The van der Waals surface area contributed by atoms with Gasteiger partial charge in [-0.2, -0.15) is 0 Å². The number of hydrogen-bond acceptors (Lipinski definition) is 3. The maximum atomic E-state index is 13.3. The Morgan fingerprint density at radius 3 is 2.67 bits per heavy atom. The maximum absolute atomic E-state index is 13.3. The molecule has 0 saturated carbocycles. The molecule has 1 heterocycles. The van der Waals surface area contributed by atoms with E-state index in [-0.39, 0.29) is 18.2 Å². The Balaban J connectivity index is 2.15. The van der Waals surface area contributed by atoms with E-state index in [0.717, 1.165) is 12.1 Å². The molecule has 0 aliphatic heterocycles. The van der Waals surface area contributed by atoms with Crippen LogP contribution in [0, 0.1) is 11.6 Å².